The van der Waals surface area contributed by atoms with E-state index in [-0.39, 0.29) is 12.0 Å². The minimum Gasteiger partial charge on any atom is -0.481 e. The standard InChI is InChI=1S/C14H24O5S/c1-11(9-13(15)16)20(17,18)12-5-8-19-14(10-12)6-3-2-4-7-14/h11-12H,2-10H2,1H3,(H,15,16). The lowest BCUT2D eigenvalue weighted by Gasteiger charge is -2.43. The van der Waals surface area contributed by atoms with Crippen molar-refractivity contribution in [1.29, 1.82) is 0 Å². The van der Waals surface area contributed by atoms with Crippen molar-refractivity contribution in [3.05, 3.63) is 0 Å². The van der Waals surface area contributed by atoms with Gasteiger partial charge in [0, 0.05) is 6.61 Å². The average Bonchev–Trinajstić information content (AvgIpc) is 2.39. The highest BCUT2D eigenvalue weighted by Crippen LogP contribution is 2.41. The van der Waals surface area contributed by atoms with Gasteiger partial charge in [-0.15, -0.1) is 0 Å². The molecule has 6 heteroatoms. The van der Waals surface area contributed by atoms with Crippen LogP contribution in [0.15, 0.2) is 0 Å². The lowest BCUT2D eigenvalue weighted by molar-refractivity contribution is -0.136. The Kier molecular flexibility index (Phi) is 4.74. The van der Waals surface area contributed by atoms with Crippen molar-refractivity contribution in [3.8, 4) is 0 Å². The summed E-state index contributed by atoms with van der Waals surface area (Å²) in [6, 6.07) is 0. The molecule has 2 fully saturated rings. The maximum absolute atomic E-state index is 12.5. The van der Waals surface area contributed by atoms with Gasteiger partial charge in [0.1, 0.15) is 0 Å². The van der Waals surface area contributed by atoms with Gasteiger partial charge in [-0.05, 0) is 32.6 Å². The molecule has 0 aromatic carbocycles. The van der Waals surface area contributed by atoms with Gasteiger partial charge in [-0.25, -0.2) is 8.42 Å². The Bertz CT molecular complexity index is 445. The van der Waals surface area contributed by atoms with Crippen LogP contribution in [0.4, 0.5) is 0 Å². The Morgan fingerprint density at radius 2 is 2.00 bits per heavy atom. The maximum Gasteiger partial charge on any atom is 0.304 e. The summed E-state index contributed by atoms with van der Waals surface area (Å²) in [6.07, 6.45) is 5.98. The Morgan fingerprint density at radius 1 is 1.35 bits per heavy atom. The normalized spacial score (nSPS) is 28.1. The molecule has 116 valence electrons. The largest absolute Gasteiger partial charge is 0.481 e. The number of carboxylic acids is 1. The minimum absolute atomic E-state index is 0.267. The fourth-order valence-corrected chi connectivity index (χ4v) is 5.49. The SMILES string of the molecule is CC(CC(=O)O)S(=O)(=O)C1CCOC2(CCCCC2)C1. The van der Waals surface area contributed by atoms with Gasteiger partial charge in [-0.1, -0.05) is 19.3 Å². The van der Waals surface area contributed by atoms with Gasteiger partial charge in [-0.3, -0.25) is 4.79 Å². The van der Waals surface area contributed by atoms with Crippen molar-refractivity contribution < 1.29 is 23.1 Å². The Morgan fingerprint density at radius 3 is 2.60 bits per heavy atom. The highest BCUT2D eigenvalue weighted by atomic mass is 32.2. The molecule has 1 N–H and O–H groups in total. The molecule has 1 saturated carbocycles. The summed E-state index contributed by atoms with van der Waals surface area (Å²) in [5.41, 5.74) is -0.267. The van der Waals surface area contributed by atoms with E-state index in [0.717, 1.165) is 25.7 Å². The van der Waals surface area contributed by atoms with Crippen LogP contribution in [-0.4, -0.2) is 42.2 Å². The van der Waals surface area contributed by atoms with E-state index in [1.54, 1.807) is 0 Å². The lowest BCUT2D eigenvalue weighted by atomic mass is 9.80. The zero-order valence-corrected chi connectivity index (χ0v) is 12.8. The Balaban J connectivity index is 2.09. The smallest absolute Gasteiger partial charge is 0.304 e. The van der Waals surface area contributed by atoms with E-state index in [1.165, 1.54) is 13.3 Å². The zero-order valence-electron chi connectivity index (χ0n) is 12.0. The van der Waals surface area contributed by atoms with Crippen LogP contribution in [0.1, 0.15) is 58.3 Å². The van der Waals surface area contributed by atoms with Crippen LogP contribution in [-0.2, 0) is 19.4 Å². The molecule has 0 bridgehead atoms. The highest BCUT2D eigenvalue weighted by molar-refractivity contribution is 7.92. The summed E-state index contributed by atoms with van der Waals surface area (Å²) in [4.78, 5) is 10.7. The molecule has 2 atom stereocenters. The first-order valence-electron chi connectivity index (χ1n) is 7.44. The molecule has 2 rings (SSSR count). The van der Waals surface area contributed by atoms with Crippen molar-refractivity contribution in [2.24, 2.45) is 0 Å². The fraction of sp³-hybridized carbons (Fsp3) is 0.929. The predicted octanol–water partition coefficient (Wildman–Crippen LogP) is 2.15. The highest BCUT2D eigenvalue weighted by Gasteiger charge is 2.44. The second kappa shape index (κ2) is 6.02. The molecule has 1 aliphatic heterocycles. The van der Waals surface area contributed by atoms with Gasteiger partial charge in [0.2, 0.25) is 0 Å². The van der Waals surface area contributed by atoms with Crippen LogP contribution in [0.25, 0.3) is 0 Å². The molecule has 1 spiro atoms. The van der Waals surface area contributed by atoms with Crippen molar-refractivity contribution in [2.45, 2.75) is 74.4 Å². The number of hydrogen-bond donors (Lipinski definition) is 1. The van der Waals surface area contributed by atoms with Crippen molar-refractivity contribution in [2.75, 3.05) is 6.61 Å². The van der Waals surface area contributed by atoms with Gasteiger partial charge in [0.15, 0.2) is 9.84 Å². The topological polar surface area (TPSA) is 80.7 Å². The number of carboxylic acid groups (broad SMARTS) is 1. The zero-order chi connectivity index (χ0) is 14.8. The van der Waals surface area contributed by atoms with Gasteiger partial charge in [-0.2, -0.15) is 0 Å². The molecule has 0 aromatic heterocycles. The summed E-state index contributed by atoms with van der Waals surface area (Å²) >= 11 is 0. The molecule has 1 heterocycles. The lowest BCUT2D eigenvalue weighted by Crippen LogP contribution is -2.47. The van der Waals surface area contributed by atoms with Crippen molar-refractivity contribution in [1.82, 2.24) is 0 Å². The summed E-state index contributed by atoms with van der Waals surface area (Å²) in [6.45, 7) is 1.98. The number of hydrogen-bond acceptors (Lipinski definition) is 4. The van der Waals surface area contributed by atoms with Gasteiger partial charge in [0.25, 0.3) is 0 Å². The summed E-state index contributed by atoms with van der Waals surface area (Å²) < 4.78 is 31.0. The Hall–Kier alpha value is -0.620. The van der Waals surface area contributed by atoms with Crippen molar-refractivity contribution in [3.63, 3.8) is 0 Å². The minimum atomic E-state index is -3.39. The quantitative estimate of drug-likeness (QED) is 0.860. The number of sulfone groups is 1. The molecule has 2 unspecified atom stereocenters. The molecule has 0 amide bonds. The third-order valence-corrected chi connectivity index (χ3v) is 7.32. The first kappa shape index (κ1) is 15.8. The predicted molar refractivity (Wildman–Crippen MR) is 75.4 cm³/mol. The molecule has 1 aliphatic carbocycles. The number of aliphatic carboxylic acids is 1. The third-order valence-electron chi connectivity index (χ3n) is 4.70. The summed E-state index contributed by atoms with van der Waals surface area (Å²) in [5, 5.41) is 7.54. The van der Waals surface area contributed by atoms with Crippen LogP contribution in [0.2, 0.25) is 0 Å². The maximum atomic E-state index is 12.5. The van der Waals surface area contributed by atoms with Crippen LogP contribution < -0.4 is 0 Å². The third kappa shape index (κ3) is 3.34. The second-order valence-electron chi connectivity index (χ2n) is 6.20. The molecule has 1 saturated heterocycles. The van der Waals surface area contributed by atoms with Gasteiger partial charge < -0.3 is 9.84 Å². The van der Waals surface area contributed by atoms with Crippen molar-refractivity contribution >= 4 is 15.8 Å². The second-order valence-corrected chi connectivity index (χ2v) is 8.85. The molecule has 0 radical (unpaired) electrons. The van der Waals surface area contributed by atoms with Crippen LogP contribution in [0, 0.1) is 0 Å². The molecule has 5 nitrogen and oxygen atoms in total. The monoisotopic (exact) mass is 304 g/mol. The Labute approximate surface area is 120 Å². The van der Waals surface area contributed by atoms with E-state index < -0.39 is 26.3 Å². The van der Waals surface area contributed by atoms with E-state index in [9.17, 15) is 13.2 Å². The number of ether oxygens (including phenoxy) is 1. The number of rotatable bonds is 4. The van der Waals surface area contributed by atoms with E-state index in [4.69, 9.17) is 9.84 Å². The molecule has 0 aromatic rings. The van der Waals surface area contributed by atoms with Gasteiger partial charge >= 0.3 is 5.97 Å². The van der Waals surface area contributed by atoms with Crippen LogP contribution in [0.5, 0.6) is 0 Å². The average molecular weight is 304 g/mol. The summed E-state index contributed by atoms with van der Waals surface area (Å²) in [7, 11) is -3.39. The first-order valence-corrected chi connectivity index (χ1v) is 9.05. The van der Waals surface area contributed by atoms with E-state index in [2.05, 4.69) is 0 Å². The summed E-state index contributed by atoms with van der Waals surface area (Å²) in [5.74, 6) is -1.06. The molecular formula is C14H24O5S. The fourth-order valence-electron chi connectivity index (χ4n) is 3.50. The van der Waals surface area contributed by atoms with E-state index >= 15 is 0 Å². The number of carbonyl (C=O) groups is 1. The molecule has 20 heavy (non-hydrogen) atoms. The van der Waals surface area contributed by atoms with E-state index in [0.29, 0.717) is 19.4 Å². The van der Waals surface area contributed by atoms with E-state index in [1.807, 2.05) is 0 Å². The van der Waals surface area contributed by atoms with Crippen LogP contribution >= 0.6 is 0 Å². The van der Waals surface area contributed by atoms with Crippen LogP contribution in [0.3, 0.4) is 0 Å². The van der Waals surface area contributed by atoms with Gasteiger partial charge in [0.05, 0.1) is 22.5 Å². The first-order chi connectivity index (χ1) is 9.36. The molecule has 2 aliphatic rings. The molecular weight excluding hydrogens is 280 g/mol.